The molecule has 7 heteroatoms. The maximum Gasteiger partial charge on any atom is 0.236 e. The molecule has 0 amide bonds. The fourth-order valence-corrected chi connectivity index (χ4v) is 3.85. The fourth-order valence-electron chi connectivity index (χ4n) is 2.68. The van der Waals surface area contributed by atoms with Gasteiger partial charge in [0, 0.05) is 31.6 Å². The molecule has 1 aromatic carbocycles. The van der Waals surface area contributed by atoms with Gasteiger partial charge in [-0.2, -0.15) is 4.31 Å². The van der Waals surface area contributed by atoms with Crippen molar-refractivity contribution in [2.24, 2.45) is 0 Å². The minimum absolute atomic E-state index is 0.0923. The van der Waals surface area contributed by atoms with Gasteiger partial charge in [-0.15, -0.1) is 0 Å². The van der Waals surface area contributed by atoms with Gasteiger partial charge in [0.1, 0.15) is 0 Å². The van der Waals surface area contributed by atoms with Gasteiger partial charge in [0.15, 0.2) is 5.76 Å². The van der Waals surface area contributed by atoms with Gasteiger partial charge < -0.3 is 4.42 Å². The Kier molecular flexibility index (Phi) is 5.47. The molecule has 132 valence electrons. The topological polar surface area (TPSA) is 70.8 Å². The number of nitrogens with zero attached hydrogens (tertiary/aromatic N) is 2. The highest BCUT2D eigenvalue weighted by molar-refractivity contribution is 7.92. The van der Waals surface area contributed by atoms with Crippen molar-refractivity contribution in [3.63, 3.8) is 0 Å². The van der Waals surface area contributed by atoms with Gasteiger partial charge in [-0.3, -0.25) is 9.69 Å². The van der Waals surface area contributed by atoms with Gasteiger partial charge in [0.25, 0.3) is 0 Å². The largest absolute Gasteiger partial charge is 0.461 e. The number of carbonyl (C=O) groups is 1. The van der Waals surface area contributed by atoms with E-state index in [9.17, 15) is 13.2 Å². The monoisotopic (exact) mass is 360 g/mol. The lowest BCUT2D eigenvalue weighted by atomic mass is 10.2. The third-order valence-corrected chi connectivity index (χ3v) is 5.65. The third-order valence-electron chi connectivity index (χ3n) is 4.09. The van der Waals surface area contributed by atoms with Gasteiger partial charge in [0.2, 0.25) is 15.8 Å². The normalized spacial score (nSPS) is 17.1. The molecule has 0 N–H and O–H groups in total. The van der Waals surface area contributed by atoms with Crippen LogP contribution in [0.25, 0.3) is 6.08 Å². The summed E-state index contributed by atoms with van der Waals surface area (Å²) in [6, 6.07) is 12.6. The zero-order valence-corrected chi connectivity index (χ0v) is 14.6. The Morgan fingerprint density at radius 3 is 2.40 bits per heavy atom. The Balaban J connectivity index is 1.54. The first-order valence-electron chi connectivity index (χ1n) is 8.07. The van der Waals surface area contributed by atoms with Crippen molar-refractivity contribution in [1.29, 1.82) is 0 Å². The molecule has 2 heterocycles. The molecule has 0 unspecified atom stereocenters. The summed E-state index contributed by atoms with van der Waals surface area (Å²) in [5, 5.41) is 1.24. The number of piperazine rings is 1. The molecule has 3 rings (SSSR count). The smallest absolute Gasteiger partial charge is 0.236 e. The predicted octanol–water partition coefficient (Wildman–Crippen LogP) is 2.08. The Labute approximate surface area is 147 Å². The SMILES string of the molecule is O=C(CN1CCN(S(=O)(=O)C=Cc2ccccc2)CC1)c1ccco1. The van der Waals surface area contributed by atoms with Crippen LogP contribution in [0.2, 0.25) is 0 Å². The van der Waals surface area contributed by atoms with Crippen molar-refractivity contribution >= 4 is 21.9 Å². The number of furan rings is 1. The van der Waals surface area contributed by atoms with Crippen molar-refractivity contribution in [2.45, 2.75) is 0 Å². The summed E-state index contributed by atoms with van der Waals surface area (Å²) in [6.45, 7) is 2.01. The van der Waals surface area contributed by atoms with Crippen LogP contribution in [0.3, 0.4) is 0 Å². The summed E-state index contributed by atoms with van der Waals surface area (Å²) in [5.74, 6) is 0.242. The van der Waals surface area contributed by atoms with Gasteiger partial charge >= 0.3 is 0 Å². The Bertz CT molecular complexity index is 821. The maximum atomic E-state index is 12.4. The molecule has 2 aromatic rings. The highest BCUT2D eigenvalue weighted by Crippen LogP contribution is 2.12. The van der Waals surface area contributed by atoms with Crippen LogP contribution in [0.4, 0.5) is 0 Å². The van der Waals surface area contributed by atoms with Crippen LogP contribution in [0, 0.1) is 0 Å². The lowest BCUT2D eigenvalue weighted by Crippen LogP contribution is -2.49. The van der Waals surface area contributed by atoms with Crippen LogP contribution >= 0.6 is 0 Å². The van der Waals surface area contributed by atoms with E-state index in [-0.39, 0.29) is 12.3 Å². The number of benzene rings is 1. The first-order chi connectivity index (χ1) is 12.0. The quantitative estimate of drug-likeness (QED) is 0.738. The summed E-state index contributed by atoms with van der Waals surface area (Å²) in [4.78, 5) is 14.0. The van der Waals surface area contributed by atoms with Crippen LogP contribution in [0.1, 0.15) is 16.1 Å². The minimum atomic E-state index is -3.45. The highest BCUT2D eigenvalue weighted by Gasteiger charge is 2.26. The standard InChI is InChI=1S/C18H20N2O4S/c21-17(18-7-4-13-24-18)15-19-9-11-20(12-10-19)25(22,23)14-8-16-5-2-1-3-6-16/h1-8,13-14H,9-12,15H2. The number of sulfonamides is 1. The summed E-state index contributed by atoms with van der Waals surface area (Å²) in [6.07, 6.45) is 3.07. The molecule has 1 aliphatic rings. The lowest BCUT2D eigenvalue weighted by molar-refractivity contribution is 0.0875. The van der Waals surface area contributed by atoms with Gasteiger partial charge in [0.05, 0.1) is 12.8 Å². The molecule has 0 aliphatic carbocycles. The first-order valence-corrected chi connectivity index (χ1v) is 9.57. The number of hydrogen-bond acceptors (Lipinski definition) is 5. The van der Waals surface area contributed by atoms with Gasteiger partial charge in [-0.25, -0.2) is 8.42 Å². The van der Waals surface area contributed by atoms with E-state index in [0.29, 0.717) is 31.9 Å². The molecule has 0 radical (unpaired) electrons. The van der Waals surface area contributed by atoms with Crippen LogP contribution in [-0.2, 0) is 10.0 Å². The van der Waals surface area contributed by atoms with E-state index in [1.54, 1.807) is 18.2 Å². The molecular weight excluding hydrogens is 340 g/mol. The second-order valence-electron chi connectivity index (χ2n) is 5.83. The number of ketones is 1. The van der Waals surface area contributed by atoms with E-state index in [0.717, 1.165) is 5.56 Å². The highest BCUT2D eigenvalue weighted by atomic mass is 32.2. The van der Waals surface area contributed by atoms with E-state index in [4.69, 9.17) is 4.42 Å². The summed E-state index contributed by atoms with van der Waals surface area (Å²) >= 11 is 0. The third kappa shape index (κ3) is 4.66. The van der Waals surface area contributed by atoms with E-state index >= 15 is 0 Å². The Morgan fingerprint density at radius 2 is 1.76 bits per heavy atom. The zero-order valence-electron chi connectivity index (χ0n) is 13.7. The fraction of sp³-hybridized carbons (Fsp3) is 0.278. The van der Waals surface area contributed by atoms with Gasteiger partial charge in [-0.1, -0.05) is 30.3 Å². The second kappa shape index (κ2) is 7.77. The molecule has 1 aromatic heterocycles. The number of hydrogen-bond donors (Lipinski definition) is 0. The van der Waals surface area contributed by atoms with E-state index in [2.05, 4.69) is 0 Å². The van der Waals surface area contributed by atoms with Crippen molar-refractivity contribution in [1.82, 2.24) is 9.21 Å². The Morgan fingerprint density at radius 1 is 1.04 bits per heavy atom. The number of carbonyl (C=O) groups excluding carboxylic acids is 1. The molecule has 0 spiro atoms. The molecule has 1 aliphatic heterocycles. The van der Waals surface area contributed by atoms with Crippen molar-refractivity contribution in [3.05, 3.63) is 65.5 Å². The van der Waals surface area contributed by atoms with Crippen LogP contribution in [0.15, 0.2) is 58.6 Å². The van der Waals surface area contributed by atoms with Crippen molar-refractivity contribution < 1.29 is 17.6 Å². The average Bonchev–Trinajstić information content (AvgIpc) is 3.16. The number of rotatable bonds is 6. The molecular formula is C18H20N2O4S. The minimum Gasteiger partial charge on any atom is -0.461 e. The zero-order chi connectivity index (χ0) is 17.7. The van der Waals surface area contributed by atoms with Crippen LogP contribution in [0.5, 0.6) is 0 Å². The second-order valence-corrected chi connectivity index (χ2v) is 7.65. The van der Waals surface area contributed by atoms with E-state index in [1.165, 1.54) is 16.0 Å². The molecule has 6 nitrogen and oxygen atoms in total. The average molecular weight is 360 g/mol. The van der Waals surface area contributed by atoms with E-state index < -0.39 is 10.0 Å². The predicted molar refractivity (Wildman–Crippen MR) is 95.4 cm³/mol. The summed E-state index contributed by atoms with van der Waals surface area (Å²) in [7, 11) is -3.45. The van der Waals surface area contributed by atoms with Crippen molar-refractivity contribution in [2.75, 3.05) is 32.7 Å². The van der Waals surface area contributed by atoms with Gasteiger partial charge in [-0.05, 0) is 23.8 Å². The van der Waals surface area contributed by atoms with Crippen molar-refractivity contribution in [3.8, 4) is 0 Å². The molecule has 0 bridgehead atoms. The molecule has 1 fully saturated rings. The first kappa shape index (κ1) is 17.6. The summed E-state index contributed by atoms with van der Waals surface area (Å²) in [5.41, 5.74) is 0.841. The lowest BCUT2D eigenvalue weighted by Gasteiger charge is -2.32. The molecule has 0 saturated carbocycles. The van der Waals surface area contributed by atoms with E-state index in [1.807, 2.05) is 35.2 Å². The van der Waals surface area contributed by atoms with Crippen LogP contribution in [-0.4, -0.2) is 56.1 Å². The Hall–Kier alpha value is -2.22. The molecule has 0 atom stereocenters. The maximum absolute atomic E-state index is 12.4. The molecule has 1 saturated heterocycles. The van der Waals surface area contributed by atoms with Crippen LogP contribution < -0.4 is 0 Å². The number of Topliss-reactive ketones (excluding diaryl/α,β-unsaturated/α-hetero) is 1. The molecule has 25 heavy (non-hydrogen) atoms. The summed E-state index contributed by atoms with van der Waals surface area (Å²) < 4.78 is 31.4.